The molecule has 25 heavy (non-hydrogen) atoms. The number of ether oxygens (including phenoxy) is 1. The van der Waals surface area contributed by atoms with Crippen LogP contribution in [0.3, 0.4) is 0 Å². The van der Waals surface area contributed by atoms with Crippen LogP contribution in [-0.4, -0.2) is 46.4 Å². The summed E-state index contributed by atoms with van der Waals surface area (Å²) in [6.45, 7) is 5.20. The Labute approximate surface area is 146 Å². The van der Waals surface area contributed by atoms with E-state index in [2.05, 4.69) is 10.6 Å². The first-order valence-corrected chi connectivity index (χ1v) is 7.84. The first-order chi connectivity index (χ1) is 11.6. The zero-order valence-electron chi connectivity index (χ0n) is 14.5. The number of aliphatic carboxylic acids is 1. The van der Waals surface area contributed by atoms with E-state index in [0.717, 1.165) is 0 Å². The van der Waals surface area contributed by atoms with Gasteiger partial charge >= 0.3 is 12.1 Å². The number of alkyl carbamates (subject to hydrolysis) is 1. The third kappa shape index (κ3) is 8.59. The van der Waals surface area contributed by atoms with Crippen LogP contribution in [0.2, 0.25) is 0 Å². The van der Waals surface area contributed by atoms with Crippen LogP contribution < -0.4 is 10.6 Å². The summed E-state index contributed by atoms with van der Waals surface area (Å²) in [4.78, 5) is 34.6. The molecule has 0 aliphatic heterocycles. The molecule has 0 bridgehead atoms. The zero-order valence-corrected chi connectivity index (χ0v) is 14.5. The van der Waals surface area contributed by atoms with E-state index in [0.29, 0.717) is 5.56 Å². The zero-order chi connectivity index (χ0) is 19.0. The lowest BCUT2D eigenvalue weighted by Gasteiger charge is -2.19. The van der Waals surface area contributed by atoms with Crippen LogP contribution in [0.4, 0.5) is 4.79 Å². The highest BCUT2D eigenvalue weighted by atomic mass is 16.6. The van der Waals surface area contributed by atoms with E-state index in [9.17, 15) is 24.6 Å². The van der Waals surface area contributed by atoms with Crippen molar-refractivity contribution in [1.29, 1.82) is 0 Å². The highest BCUT2D eigenvalue weighted by molar-refractivity contribution is 5.84. The maximum atomic E-state index is 11.9. The van der Waals surface area contributed by atoms with E-state index >= 15 is 0 Å². The fourth-order valence-electron chi connectivity index (χ4n) is 1.93. The largest absolute Gasteiger partial charge is 0.508 e. The van der Waals surface area contributed by atoms with Gasteiger partial charge in [-0.05, 0) is 38.5 Å². The summed E-state index contributed by atoms with van der Waals surface area (Å²) in [5, 5.41) is 23.3. The van der Waals surface area contributed by atoms with Crippen molar-refractivity contribution in [1.82, 2.24) is 10.6 Å². The predicted molar refractivity (Wildman–Crippen MR) is 90.2 cm³/mol. The van der Waals surface area contributed by atoms with Crippen LogP contribution in [0.1, 0.15) is 32.8 Å². The van der Waals surface area contributed by atoms with Crippen molar-refractivity contribution >= 4 is 18.0 Å². The van der Waals surface area contributed by atoms with E-state index in [1.807, 2.05) is 0 Å². The topological polar surface area (TPSA) is 125 Å². The fourth-order valence-corrected chi connectivity index (χ4v) is 1.93. The first kappa shape index (κ1) is 20.3. The molecular weight excluding hydrogens is 328 g/mol. The van der Waals surface area contributed by atoms with Gasteiger partial charge in [0, 0.05) is 19.4 Å². The smallest absolute Gasteiger partial charge is 0.407 e. The lowest BCUT2D eigenvalue weighted by Crippen LogP contribution is -2.43. The number of aromatic hydroxyl groups is 1. The van der Waals surface area contributed by atoms with Gasteiger partial charge in [0.05, 0.1) is 0 Å². The molecule has 0 aliphatic rings. The second-order valence-corrected chi connectivity index (χ2v) is 6.51. The van der Waals surface area contributed by atoms with Crippen molar-refractivity contribution in [3.8, 4) is 5.75 Å². The van der Waals surface area contributed by atoms with Gasteiger partial charge in [0.25, 0.3) is 0 Å². The summed E-state index contributed by atoms with van der Waals surface area (Å²) in [5.41, 5.74) is 0.0302. The lowest BCUT2D eigenvalue weighted by atomic mass is 10.1. The number of nitrogens with one attached hydrogen (secondary N) is 2. The lowest BCUT2D eigenvalue weighted by molar-refractivity contribution is -0.141. The van der Waals surface area contributed by atoms with Crippen molar-refractivity contribution in [2.75, 3.05) is 6.54 Å². The maximum Gasteiger partial charge on any atom is 0.407 e. The highest BCUT2D eigenvalue weighted by Gasteiger charge is 2.21. The number of carboxylic acids is 1. The third-order valence-electron chi connectivity index (χ3n) is 3.03. The molecule has 1 atom stereocenters. The Kier molecular flexibility index (Phi) is 7.22. The van der Waals surface area contributed by atoms with Gasteiger partial charge in [-0.15, -0.1) is 0 Å². The molecule has 138 valence electrons. The first-order valence-electron chi connectivity index (χ1n) is 7.84. The Morgan fingerprint density at radius 2 is 1.76 bits per heavy atom. The summed E-state index contributed by atoms with van der Waals surface area (Å²) in [5.74, 6) is -1.59. The highest BCUT2D eigenvalue weighted by Crippen LogP contribution is 2.11. The van der Waals surface area contributed by atoms with Gasteiger partial charge in [-0.2, -0.15) is 0 Å². The van der Waals surface area contributed by atoms with Crippen LogP contribution >= 0.6 is 0 Å². The Hall–Kier alpha value is -2.77. The van der Waals surface area contributed by atoms with Crippen molar-refractivity contribution < 1.29 is 29.3 Å². The SMILES string of the molecule is CC(C)(C)OC(=O)NCCC(=O)NC(Cc1ccc(O)cc1)C(=O)O. The molecule has 1 aromatic carbocycles. The number of phenolic OH excluding ortho intramolecular Hbond substituents is 1. The van der Waals surface area contributed by atoms with E-state index in [1.54, 1.807) is 32.9 Å². The fraction of sp³-hybridized carbons (Fsp3) is 0.471. The molecular formula is C17H24N2O6. The number of phenols is 1. The summed E-state index contributed by atoms with van der Waals surface area (Å²) in [6.07, 6.45) is -0.626. The molecule has 0 aromatic heterocycles. The quantitative estimate of drug-likeness (QED) is 0.588. The standard InChI is InChI=1S/C17H24N2O6/c1-17(2,3)25-16(24)18-9-8-14(21)19-13(15(22)23)10-11-4-6-12(20)7-5-11/h4-7,13,20H,8-10H2,1-3H3,(H,18,24)(H,19,21)(H,22,23). The molecule has 0 fully saturated rings. The molecule has 1 rings (SSSR count). The van der Waals surface area contributed by atoms with Crippen molar-refractivity contribution in [3.63, 3.8) is 0 Å². The normalized spacial score (nSPS) is 12.1. The molecule has 0 aliphatic carbocycles. The minimum atomic E-state index is -1.17. The van der Waals surface area contributed by atoms with Crippen molar-refractivity contribution in [2.45, 2.75) is 45.3 Å². The monoisotopic (exact) mass is 352 g/mol. The number of carbonyl (C=O) groups is 3. The predicted octanol–water partition coefficient (Wildman–Crippen LogP) is 1.42. The van der Waals surface area contributed by atoms with Gasteiger partial charge in [0.1, 0.15) is 17.4 Å². The summed E-state index contributed by atoms with van der Waals surface area (Å²) >= 11 is 0. The number of carbonyl (C=O) groups excluding carboxylic acids is 2. The van der Waals surface area contributed by atoms with Crippen LogP contribution in [-0.2, 0) is 20.7 Å². The van der Waals surface area contributed by atoms with E-state index in [4.69, 9.17) is 4.74 Å². The summed E-state index contributed by atoms with van der Waals surface area (Å²) in [6, 6.07) is 4.96. The van der Waals surface area contributed by atoms with E-state index in [1.165, 1.54) is 12.1 Å². The molecule has 0 heterocycles. The van der Waals surface area contributed by atoms with Crippen LogP contribution in [0, 0.1) is 0 Å². The molecule has 4 N–H and O–H groups in total. The molecule has 0 saturated heterocycles. The maximum absolute atomic E-state index is 11.9. The number of hydrogen-bond acceptors (Lipinski definition) is 5. The van der Waals surface area contributed by atoms with Gasteiger partial charge in [-0.3, -0.25) is 4.79 Å². The summed E-state index contributed by atoms with van der Waals surface area (Å²) < 4.78 is 5.03. The average molecular weight is 352 g/mol. The molecule has 8 heteroatoms. The number of carboxylic acid groups (broad SMARTS) is 1. The minimum Gasteiger partial charge on any atom is -0.508 e. The minimum absolute atomic E-state index is 0.0340. The molecule has 0 radical (unpaired) electrons. The van der Waals surface area contributed by atoms with E-state index in [-0.39, 0.29) is 25.1 Å². The second-order valence-electron chi connectivity index (χ2n) is 6.51. The third-order valence-corrected chi connectivity index (χ3v) is 3.03. The average Bonchev–Trinajstić information content (AvgIpc) is 2.46. The summed E-state index contributed by atoms with van der Waals surface area (Å²) in [7, 11) is 0. The van der Waals surface area contributed by atoms with Crippen LogP contribution in [0.5, 0.6) is 5.75 Å². The molecule has 1 unspecified atom stereocenters. The molecule has 1 aromatic rings. The van der Waals surface area contributed by atoms with Gasteiger partial charge in [-0.1, -0.05) is 12.1 Å². The number of benzene rings is 1. The molecule has 0 spiro atoms. The number of amides is 2. The van der Waals surface area contributed by atoms with Gasteiger partial charge < -0.3 is 25.6 Å². The van der Waals surface area contributed by atoms with Gasteiger partial charge in [0.15, 0.2) is 0 Å². The Balaban J connectivity index is 2.44. The molecule has 8 nitrogen and oxygen atoms in total. The number of rotatable bonds is 7. The Morgan fingerprint density at radius 3 is 2.28 bits per heavy atom. The second kappa shape index (κ2) is 8.91. The van der Waals surface area contributed by atoms with Gasteiger partial charge in [0.2, 0.25) is 5.91 Å². The Bertz CT molecular complexity index is 607. The van der Waals surface area contributed by atoms with Gasteiger partial charge in [-0.25, -0.2) is 9.59 Å². The van der Waals surface area contributed by atoms with E-state index < -0.39 is 29.6 Å². The molecule has 0 saturated carbocycles. The molecule has 2 amide bonds. The van der Waals surface area contributed by atoms with Crippen molar-refractivity contribution in [2.24, 2.45) is 0 Å². The van der Waals surface area contributed by atoms with Crippen LogP contribution in [0.25, 0.3) is 0 Å². The Morgan fingerprint density at radius 1 is 1.16 bits per heavy atom. The number of hydrogen-bond donors (Lipinski definition) is 4. The van der Waals surface area contributed by atoms with Crippen LogP contribution in [0.15, 0.2) is 24.3 Å². The van der Waals surface area contributed by atoms with Crippen molar-refractivity contribution in [3.05, 3.63) is 29.8 Å².